The van der Waals surface area contributed by atoms with Crippen LogP contribution in [0.5, 0.6) is 0 Å². The Morgan fingerprint density at radius 2 is 2.50 bits per heavy atom. The number of aliphatic hydroxyl groups is 1. The Hall–Kier alpha value is -0.550. The first-order chi connectivity index (χ1) is 6.74. The molecular formula is C9H14N2O2S. The molecule has 0 bridgehead atoms. The van der Waals surface area contributed by atoms with Crippen molar-refractivity contribution in [1.82, 2.24) is 4.90 Å². The molecule has 0 aromatic rings. The van der Waals surface area contributed by atoms with Crippen molar-refractivity contribution in [3.05, 3.63) is 0 Å². The lowest BCUT2D eigenvalue weighted by Crippen LogP contribution is -2.49. The molecule has 78 valence electrons. The number of aliphatic imine (C=N–C) groups is 1. The number of carbonyl (C=O) groups excluding carboxylic acids is 1. The standard InChI is InChI=1S/C9H14N2O2S/c1-2-6-7(12)10-9-11(8(6)13)4-3-5-14-9/h6-7,12H,2-5H2,1H3. The summed E-state index contributed by atoms with van der Waals surface area (Å²) < 4.78 is 0. The van der Waals surface area contributed by atoms with Gasteiger partial charge in [0, 0.05) is 12.3 Å². The Kier molecular flexibility index (Phi) is 2.78. The summed E-state index contributed by atoms with van der Waals surface area (Å²) in [7, 11) is 0. The van der Waals surface area contributed by atoms with Crippen molar-refractivity contribution in [3.63, 3.8) is 0 Å². The number of rotatable bonds is 1. The lowest BCUT2D eigenvalue weighted by molar-refractivity contribution is -0.136. The highest BCUT2D eigenvalue weighted by Crippen LogP contribution is 2.27. The van der Waals surface area contributed by atoms with E-state index in [-0.39, 0.29) is 11.8 Å². The average Bonchev–Trinajstić information content (AvgIpc) is 2.18. The summed E-state index contributed by atoms with van der Waals surface area (Å²) in [6.45, 7) is 2.66. The van der Waals surface area contributed by atoms with Gasteiger partial charge < -0.3 is 5.11 Å². The molecule has 2 rings (SSSR count). The SMILES string of the molecule is CCC1C(=O)N2CCCSC2=NC1O. The van der Waals surface area contributed by atoms with Crippen LogP contribution in [0.1, 0.15) is 19.8 Å². The predicted octanol–water partition coefficient (Wildman–Crippen LogP) is 0.666. The van der Waals surface area contributed by atoms with E-state index >= 15 is 0 Å². The Labute approximate surface area is 87.4 Å². The molecule has 14 heavy (non-hydrogen) atoms. The first-order valence-corrected chi connectivity index (χ1v) is 5.92. The van der Waals surface area contributed by atoms with Gasteiger partial charge in [0.25, 0.3) is 0 Å². The van der Waals surface area contributed by atoms with Crippen LogP contribution in [-0.2, 0) is 4.79 Å². The molecule has 0 aromatic carbocycles. The van der Waals surface area contributed by atoms with Crippen molar-refractivity contribution in [3.8, 4) is 0 Å². The molecule has 0 aliphatic carbocycles. The summed E-state index contributed by atoms with van der Waals surface area (Å²) in [5.74, 6) is 0.696. The molecule has 2 atom stereocenters. The maximum Gasteiger partial charge on any atom is 0.236 e. The molecule has 2 aliphatic rings. The van der Waals surface area contributed by atoms with Gasteiger partial charge in [-0.3, -0.25) is 9.69 Å². The highest BCUT2D eigenvalue weighted by molar-refractivity contribution is 8.13. The van der Waals surface area contributed by atoms with Gasteiger partial charge in [0.2, 0.25) is 5.91 Å². The topological polar surface area (TPSA) is 52.9 Å². The molecule has 4 nitrogen and oxygen atoms in total. The van der Waals surface area contributed by atoms with Gasteiger partial charge in [-0.1, -0.05) is 18.7 Å². The molecule has 0 saturated carbocycles. The molecule has 1 amide bonds. The van der Waals surface area contributed by atoms with E-state index in [9.17, 15) is 9.90 Å². The number of hydrogen-bond donors (Lipinski definition) is 1. The van der Waals surface area contributed by atoms with E-state index in [2.05, 4.69) is 4.99 Å². The fourth-order valence-electron chi connectivity index (χ4n) is 1.79. The number of nitrogens with zero attached hydrogens (tertiary/aromatic N) is 2. The number of carbonyl (C=O) groups is 1. The highest BCUT2D eigenvalue weighted by Gasteiger charge is 2.37. The molecule has 0 aromatic heterocycles. The molecule has 0 radical (unpaired) electrons. The summed E-state index contributed by atoms with van der Waals surface area (Å²) in [6.07, 6.45) is 0.837. The van der Waals surface area contributed by atoms with Crippen LogP contribution in [0.4, 0.5) is 0 Å². The number of hydrogen-bond acceptors (Lipinski definition) is 4. The summed E-state index contributed by atoms with van der Waals surface area (Å²) in [5, 5.41) is 10.3. The van der Waals surface area contributed by atoms with Crippen molar-refractivity contribution >= 4 is 22.8 Å². The Morgan fingerprint density at radius 1 is 1.71 bits per heavy atom. The lowest BCUT2D eigenvalue weighted by atomic mass is 10.0. The van der Waals surface area contributed by atoms with Crippen LogP contribution in [-0.4, -0.2) is 39.6 Å². The predicted molar refractivity (Wildman–Crippen MR) is 56.0 cm³/mol. The van der Waals surface area contributed by atoms with E-state index in [0.717, 1.165) is 18.7 Å². The van der Waals surface area contributed by atoms with Crippen molar-refractivity contribution in [1.29, 1.82) is 0 Å². The Morgan fingerprint density at radius 3 is 3.21 bits per heavy atom. The van der Waals surface area contributed by atoms with Gasteiger partial charge >= 0.3 is 0 Å². The molecule has 5 heteroatoms. The third-order valence-corrected chi connectivity index (χ3v) is 3.69. The third kappa shape index (κ3) is 1.54. The second kappa shape index (κ2) is 3.90. The molecule has 2 heterocycles. The molecule has 1 saturated heterocycles. The van der Waals surface area contributed by atoms with Crippen molar-refractivity contribution in [2.75, 3.05) is 12.3 Å². The second-order valence-corrected chi connectivity index (χ2v) is 4.59. The fraction of sp³-hybridized carbons (Fsp3) is 0.778. The van der Waals surface area contributed by atoms with E-state index < -0.39 is 6.23 Å². The Bertz CT molecular complexity index is 280. The first-order valence-electron chi connectivity index (χ1n) is 4.94. The minimum atomic E-state index is -0.829. The van der Waals surface area contributed by atoms with Crippen LogP contribution < -0.4 is 0 Å². The monoisotopic (exact) mass is 214 g/mol. The first kappa shape index (κ1) is 9.98. The highest BCUT2D eigenvalue weighted by atomic mass is 32.2. The molecule has 2 unspecified atom stereocenters. The number of aliphatic hydroxyl groups excluding tert-OH is 1. The van der Waals surface area contributed by atoms with Gasteiger partial charge in [0.1, 0.15) is 0 Å². The van der Waals surface area contributed by atoms with E-state index in [1.54, 1.807) is 16.7 Å². The summed E-state index contributed by atoms with van der Waals surface area (Å²) in [4.78, 5) is 17.7. The van der Waals surface area contributed by atoms with Gasteiger partial charge in [-0.25, -0.2) is 4.99 Å². The number of thioether (sulfide) groups is 1. The maximum atomic E-state index is 11.9. The number of amidine groups is 1. The van der Waals surface area contributed by atoms with E-state index in [4.69, 9.17) is 0 Å². The van der Waals surface area contributed by atoms with Crippen molar-refractivity contribution in [2.24, 2.45) is 10.9 Å². The van der Waals surface area contributed by atoms with Crippen LogP contribution in [0.3, 0.4) is 0 Å². The van der Waals surface area contributed by atoms with Gasteiger partial charge in [-0.05, 0) is 12.8 Å². The van der Waals surface area contributed by atoms with Gasteiger partial charge in [-0.2, -0.15) is 0 Å². The maximum absolute atomic E-state index is 11.9. The normalized spacial score (nSPS) is 32.6. The molecule has 0 spiro atoms. The summed E-state index contributed by atoms with van der Waals surface area (Å²) in [5.41, 5.74) is 0. The zero-order valence-corrected chi connectivity index (χ0v) is 8.96. The average molecular weight is 214 g/mol. The van der Waals surface area contributed by atoms with E-state index in [1.165, 1.54) is 0 Å². The van der Waals surface area contributed by atoms with Crippen molar-refractivity contribution < 1.29 is 9.90 Å². The van der Waals surface area contributed by atoms with E-state index in [1.807, 2.05) is 6.92 Å². The van der Waals surface area contributed by atoms with E-state index in [0.29, 0.717) is 11.6 Å². The zero-order valence-electron chi connectivity index (χ0n) is 8.14. The third-order valence-electron chi connectivity index (χ3n) is 2.61. The minimum absolute atomic E-state index is 0.0391. The zero-order chi connectivity index (χ0) is 10.1. The van der Waals surface area contributed by atoms with Crippen LogP contribution in [0.15, 0.2) is 4.99 Å². The van der Waals surface area contributed by atoms with Crippen LogP contribution >= 0.6 is 11.8 Å². The molecular weight excluding hydrogens is 200 g/mol. The summed E-state index contributed by atoms with van der Waals surface area (Å²) in [6, 6.07) is 0. The summed E-state index contributed by atoms with van der Waals surface area (Å²) >= 11 is 1.56. The van der Waals surface area contributed by atoms with Gasteiger partial charge in [0.05, 0.1) is 5.92 Å². The van der Waals surface area contributed by atoms with Gasteiger partial charge in [0.15, 0.2) is 11.4 Å². The quantitative estimate of drug-likeness (QED) is 0.698. The molecule has 1 fully saturated rings. The van der Waals surface area contributed by atoms with Crippen molar-refractivity contribution in [2.45, 2.75) is 26.0 Å². The number of fused-ring (bicyclic) bond motifs is 1. The largest absolute Gasteiger partial charge is 0.371 e. The smallest absolute Gasteiger partial charge is 0.236 e. The Balaban J connectivity index is 2.25. The lowest BCUT2D eigenvalue weighted by Gasteiger charge is -2.36. The van der Waals surface area contributed by atoms with Crippen LogP contribution in [0.2, 0.25) is 0 Å². The van der Waals surface area contributed by atoms with Gasteiger partial charge in [-0.15, -0.1) is 0 Å². The fourth-order valence-corrected chi connectivity index (χ4v) is 2.76. The minimum Gasteiger partial charge on any atom is -0.371 e. The molecule has 1 N–H and O–H groups in total. The van der Waals surface area contributed by atoms with Crippen LogP contribution in [0, 0.1) is 5.92 Å². The molecule has 2 aliphatic heterocycles. The van der Waals surface area contributed by atoms with Crippen LogP contribution in [0.25, 0.3) is 0 Å². The number of amides is 1. The second-order valence-electron chi connectivity index (χ2n) is 3.53.